The van der Waals surface area contributed by atoms with Gasteiger partial charge in [0, 0.05) is 37.7 Å². The summed E-state index contributed by atoms with van der Waals surface area (Å²) in [7, 11) is -4.09. The number of hydrogen-bond donors (Lipinski definition) is 0. The first-order valence-electron chi connectivity index (χ1n) is 12.4. The van der Waals surface area contributed by atoms with Crippen molar-refractivity contribution in [3.8, 4) is 17.6 Å². The molecule has 0 aliphatic carbocycles. The van der Waals surface area contributed by atoms with E-state index in [1.807, 2.05) is 47.4 Å². The first kappa shape index (κ1) is 25.4. The van der Waals surface area contributed by atoms with E-state index in [0.717, 1.165) is 36.7 Å². The number of halogens is 1. The van der Waals surface area contributed by atoms with E-state index in [-0.39, 0.29) is 17.4 Å². The highest BCUT2D eigenvalue weighted by molar-refractivity contribution is 7.92. The molecule has 0 spiro atoms. The summed E-state index contributed by atoms with van der Waals surface area (Å²) >= 11 is 5.97. The van der Waals surface area contributed by atoms with Gasteiger partial charge in [-0.05, 0) is 54.1 Å². The number of anilines is 1. The summed E-state index contributed by atoms with van der Waals surface area (Å²) in [4.78, 5) is 13.8. The van der Waals surface area contributed by atoms with Crippen LogP contribution in [-0.4, -0.2) is 56.3 Å². The minimum Gasteiger partial charge on any atom is -0.454 e. The monoisotopic (exact) mass is 561 g/mol. The minimum atomic E-state index is -4.09. The molecule has 198 valence electrons. The van der Waals surface area contributed by atoms with E-state index in [0.29, 0.717) is 35.0 Å². The Morgan fingerprint density at radius 3 is 2.33 bits per heavy atom. The van der Waals surface area contributed by atoms with Crippen LogP contribution in [-0.2, 0) is 16.4 Å². The maximum atomic E-state index is 13.6. The SMILES string of the molecule is N#C[C@H](c1nc2ccccc2nc1N1CCN(Cc2ccc3c(c2)OCO3)CC1)S(=O)(=O)c1ccc(Cl)cc1. The van der Waals surface area contributed by atoms with Crippen LogP contribution >= 0.6 is 11.6 Å². The number of sulfone groups is 1. The molecule has 1 aromatic heterocycles. The number of para-hydroxylation sites is 2. The molecule has 0 saturated carbocycles. The summed E-state index contributed by atoms with van der Waals surface area (Å²) < 4.78 is 38.1. The molecule has 4 aromatic rings. The quantitative estimate of drug-likeness (QED) is 0.339. The van der Waals surface area contributed by atoms with E-state index in [1.165, 1.54) is 24.3 Å². The Balaban J connectivity index is 1.29. The smallest absolute Gasteiger partial charge is 0.231 e. The molecule has 2 aliphatic heterocycles. The third-order valence-electron chi connectivity index (χ3n) is 6.91. The highest BCUT2D eigenvalue weighted by atomic mass is 35.5. The van der Waals surface area contributed by atoms with Crippen molar-refractivity contribution in [3.05, 3.63) is 83.0 Å². The Kier molecular flexibility index (Phi) is 6.73. The van der Waals surface area contributed by atoms with Crippen molar-refractivity contribution < 1.29 is 17.9 Å². The van der Waals surface area contributed by atoms with Crippen molar-refractivity contribution in [1.82, 2.24) is 14.9 Å². The first-order valence-corrected chi connectivity index (χ1v) is 14.4. The largest absolute Gasteiger partial charge is 0.454 e. The summed E-state index contributed by atoms with van der Waals surface area (Å²) in [5.74, 6) is 1.93. The molecule has 0 N–H and O–H groups in total. The second-order valence-electron chi connectivity index (χ2n) is 9.38. The summed E-state index contributed by atoms with van der Waals surface area (Å²) in [5, 5.41) is 9.01. The standard InChI is InChI=1S/C28H24ClN5O4S/c29-20-6-8-21(9-7-20)39(35,36)26(16-30)27-28(32-23-4-2-1-3-22(23)31-27)34-13-11-33(12-14-34)17-19-5-10-24-25(15-19)38-18-37-24/h1-10,15,26H,11-14,17-18H2/t26-/m1/s1. The molecule has 0 bridgehead atoms. The molecule has 0 amide bonds. The Morgan fingerprint density at radius 1 is 0.923 bits per heavy atom. The van der Waals surface area contributed by atoms with E-state index in [9.17, 15) is 13.7 Å². The van der Waals surface area contributed by atoms with Gasteiger partial charge in [-0.15, -0.1) is 0 Å². The maximum absolute atomic E-state index is 13.6. The molecule has 3 heterocycles. The van der Waals surface area contributed by atoms with Crippen molar-refractivity contribution in [2.24, 2.45) is 0 Å². The van der Waals surface area contributed by atoms with Gasteiger partial charge in [0.25, 0.3) is 0 Å². The lowest BCUT2D eigenvalue weighted by Crippen LogP contribution is -2.46. The lowest BCUT2D eigenvalue weighted by Gasteiger charge is -2.36. The number of nitriles is 1. The van der Waals surface area contributed by atoms with Crippen LogP contribution in [0.1, 0.15) is 16.5 Å². The fraction of sp³-hybridized carbons (Fsp3) is 0.250. The van der Waals surface area contributed by atoms with Crippen molar-refractivity contribution >= 4 is 38.3 Å². The number of aromatic nitrogens is 2. The summed E-state index contributed by atoms with van der Waals surface area (Å²) in [6.07, 6.45) is 0. The topological polar surface area (TPSA) is 109 Å². The van der Waals surface area contributed by atoms with Crippen molar-refractivity contribution in [2.75, 3.05) is 37.9 Å². The second kappa shape index (κ2) is 10.3. The van der Waals surface area contributed by atoms with Crippen molar-refractivity contribution in [1.29, 1.82) is 5.26 Å². The molecule has 2 aliphatic rings. The second-order valence-corrected chi connectivity index (χ2v) is 11.8. The fourth-order valence-corrected chi connectivity index (χ4v) is 6.37. The van der Waals surface area contributed by atoms with Gasteiger partial charge in [-0.25, -0.2) is 18.4 Å². The molecule has 0 unspecified atom stereocenters. The average molecular weight is 562 g/mol. The summed E-state index contributed by atoms with van der Waals surface area (Å²) in [6, 6.07) is 21.0. The minimum absolute atomic E-state index is 0.00732. The molecule has 3 aromatic carbocycles. The number of benzene rings is 3. The number of piperazine rings is 1. The Morgan fingerprint density at radius 2 is 1.62 bits per heavy atom. The molecule has 1 fully saturated rings. The highest BCUT2D eigenvalue weighted by Crippen LogP contribution is 2.35. The van der Waals surface area contributed by atoms with Crippen LogP contribution in [0.4, 0.5) is 5.82 Å². The zero-order valence-corrected chi connectivity index (χ0v) is 22.4. The summed E-state index contributed by atoms with van der Waals surface area (Å²) in [6.45, 7) is 3.64. The molecule has 1 atom stereocenters. The zero-order valence-electron chi connectivity index (χ0n) is 20.8. The van der Waals surface area contributed by atoms with Crippen LogP contribution in [0.3, 0.4) is 0 Å². The highest BCUT2D eigenvalue weighted by Gasteiger charge is 2.35. The van der Waals surface area contributed by atoms with E-state index in [1.54, 1.807) is 6.07 Å². The molecule has 1 saturated heterocycles. The van der Waals surface area contributed by atoms with Gasteiger partial charge in [-0.1, -0.05) is 29.8 Å². The van der Waals surface area contributed by atoms with Gasteiger partial charge in [-0.2, -0.15) is 5.26 Å². The van der Waals surface area contributed by atoms with Crippen molar-refractivity contribution in [2.45, 2.75) is 16.7 Å². The number of rotatable bonds is 6. The number of fused-ring (bicyclic) bond motifs is 2. The molecular formula is C28H24ClN5O4S. The molecule has 39 heavy (non-hydrogen) atoms. The van der Waals surface area contributed by atoms with Gasteiger partial charge in [0.05, 0.1) is 22.0 Å². The predicted molar refractivity (Wildman–Crippen MR) is 147 cm³/mol. The van der Waals surface area contributed by atoms with E-state index < -0.39 is 15.1 Å². The molecule has 9 nitrogen and oxygen atoms in total. The van der Waals surface area contributed by atoms with E-state index in [4.69, 9.17) is 26.1 Å². The summed E-state index contributed by atoms with van der Waals surface area (Å²) in [5.41, 5.74) is 2.43. The third kappa shape index (κ3) is 4.96. The normalized spacial score (nSPS) is 16.3. The van der Waals surface area contributed by atoms with Crippen LogP contribution < -0.4 is 14.4 Å². The predicted octanol–water partition coefficient (Wildman–Crippen LogP) is 4.37. The fourth-order valence-electron chi connectivity index (χ4n) is 4.87. The molecule has 0 radical (unpaired) electrons. The molecule has 11 heteroatoms. The van der Waals surface area contributed by atoms with E-state index >= 15 is 0 Å². The van der Waals surface area contributed by atoms with Crippen LogP contribution in [0.5, 0.6) is 11.5 Å². The first-order chi connectivity index (χ1) is 18.9. The van der Waals surface area contributed by atoms with Crippen LogP contribution in [0.25, 0.3) is 11.0 Å². The Labute approximate surface area is 231 Å². The van der Waals surface area contributed by atoms with Gasteiger partial charge in [0.1, 0.15) is 5.69 Å². The van der Waals surface area contributed by atoms with Crippen LogP contribution in [0.2, 0.25) is 5.02 Å². The maximum Gasteiger partial charge on any atom is 0.231 e. The number of ether oxygens (including phenoxy) is 2. The van der Waals surface area contributed by atoms with Gasteiger partial charge in [0.2, 0.25) is 16.6 Å². The Hall–Kier alpha value is -3.91. The van der Waals surface area contributed by atoms with Gasteiger partial charge >= 0.3 is 0 Å². The van der Waals surface area contributed by atoms with Gasteiger partial charge in [-0.3, -0.25) is 4.90 Å². The molecule has 6 rings (SSSR count). The van der Waals surface area contributed by atoms with E-state index in [2.05, 4.69) is 9.88 Å². The third-order valence-corrected chi connectivity index (χ3v) is 9.04. The lowest BCUT2D eigenvalue weighted by atomic mass is 10.1. The van der Waals surface area contributed by atoms with Crippen LogP contribution in [0, 0.1) is 11.3 Å². The molecular weight excluding hydrogens is 538 g/mol. The number of hydrogen-bond acceptors (Lipinski definition) is 9. The van der Waals surface area contributed by atoms with Crippen molar-refractivity contribution in [3.63, 3.8) is 0 Å². The van der Waals surface area contributed by atoms with Gasteiger partial charge < -0.3 is 14.4 Å². The Bertz CT molecular complexity index is 1680. The van der Waals surface area contributed by atoms with Crippen LogP contribution in [0.15, 0.2) is 71.6 Å². The average Bonchev–Trinajstić information content (AvgIpc) is 3.42. The zero-order chi connectivity index (χ0) is 27.0. The van der Waals surface area contributed by atoms with Gasteiger partial charge in [0.15, 0.2) is 22.6 Å². The lowest BCUT2D eigenvalue weighted by molar-refractivity contribution is 0.174. The number of nitrogens with zero attached hydrogens (tertiary/aromatic N) is 5.